The number of hydrogen-bond donors (Lipinski definition) is 1. The molecule has 1 aliphatic heterocycles. The van der Waals surface area contributed by atoms with Gasteiger partial charge in [0, 0.05) is 6.42 Å². The second-order valence-corrected chi connectivity index (χ2v) is 4.09. The molecule has 0 bridgehead atoms. The molecular formula is C11H21NO2. The van der Waals surface area contributed by atoms with Crippen molar-refractivity contribution < 1.29 is 9.53 Å². The van der Waals surface area contributed by atoms with Crippen LogP contribution in [0.3, 0.4) is 0 Å². The van der Waals surface area contributed by atoms with Crippen molar-refractivity contribution in [2.45, 2.75) is 33.1 Å². The van der Waals surface area contributed by atoms with Gasteiger partial charge in [-0.05, 0) is 44.7 Å². The normalized spacial score (nSPS) is 24.3. The van der Waals surface area contributed by atoms with E-state index in [4.69, 9.17) is 4.74 Å². The van der Waals surface area contributed by atoms with Gasteiger partial charge >= 0.3 is 5.97 Å². The first-order chi connectivity index (χ1) is 6.74. The van der Waals surface area contributed by atoms with Crippen molar-refractivity contribution >= 4 is 5.97 Å². The maximum absolute atomic E-state index is 11.3. The highest BCUT2D eigenvalue weighted by atomic mass is 16.5. The molecule has 0 aromatic carbocycles. The second kappa shape index (κ2) is 6.02. The molecule has 0 aromatic rings. The first-order valence-electron chi connectivity index (χ1n) is 5.60. The van der Waals surface area contributed by atoms with E-state index in [1.54, 1.807) is 0 Å². The largest absolute Gasteiger partial charge is 0.466 e. The topological polar surface area (TPSA) is 38.3 Å². The Hall–Kier alpha value is -0.570. The summed E-state index contributed by atoms with van der Waals surface area (Å²) in [6.45, 7) is 6.68. The van der Waals surface area contributed by atoms with E-state index in [1.807, 2.05) is 6.92 Å². The van der Waals surface area contributed by atoms with Gasteiger partial charge in [0.25, 0.3) is 0 Å². The Balaban J connectivity index is 2.25. The number of esters is 1. The van der Waals surface area contributed by atoms with Crippen LogP contribution in [0.2, 0.25) is 0 Å². The summed E-state index contributed by atoms with van der Waals surface area (Å²) in [5, 5.41) is 3.37. The quantitative estimate of drug-likeness (QED) is 0.698. The zero-order valence-electron chi connectivity index (χ0n) is 9.21. The monoisotopic (exact) mass is 199 g/mol. The Labute approximate surface area is 86.2 Å². The van der Waals surface area contributed by atoms with Crippen LogP contribution in [0, 0.1) is 11.8 Å². The van der Waals surface area contributed by atoms with Crippen LogP contribution in [-0.2, 0) is 9.53 Å². The summed E-state index contributed by atoms with van der Waals surface area (Å²) in [6, 6.07) is 0. The van der Waals surface area contributed by atoms with Gasteiger partial charge in [0.05, 0.1) is 6.61 Å². The fraction of sp³-hybridized carbons (Fsp3) is 0.909. The third kappa shape index (κ3) is 3.66. The standard InChI is InChI=1S/C11H21NO2/c1-3-14-11(13)7-9(2)10-5-4-6-12-8-10/h9-10,12H,3-8H2,1-2H3/t9-,10+/m1/s1. The second-order valence-electron chi connectivity index (χ2n) is 4.09. The summed E-state index contributed by atoms with van der Waals surface area (Å²) in [5.74, 6) is 1.04. The molecule has 82 valence electrons. The minimum Gasteiger partial charge on any atom is -0.466 e. The van der Waals surface area contributed by atoms with Gasteiger partial charge in [-0.25, -0.2) is 0 Å². The first kappa shape index (κ1) is 11.5. The van der Waals surface area contributed by atoms with E-state index >= 15 is 0 Å². The van der Waals surface area contributed by atoms with Crippen LogP contribution < -0.4 is 5.32 Å². The lowest BCUT2D eigenvalue weighted by Gasteiger charge is -2.27. The highest BCUT2D eigenvalue weighted by Crippen LogP contribution is 2.22. The molecule has 0 aliphatic carbocycles. The zero-order valence-corrected chi connectivity index (χ0v) is 9.21. The molecular weight excluding hydrogens is 178 g/mol. The molecule has 0 amide bonds. The highest BCUT2D eigenvalue weighted by Gasteiger charge is 2.22. The van der Waals surface area contributed by atoms with Gasteiger partial charge in [0.2, 0.25) is 0 Å². The number of carbonyl (C=O) groups is 1. The summed E-state index contributed by atoms with van der Waals surface area (Å²) in [5.41, 5.74) is 0. The molecule has 0 aromatic heterocycles. The summed E-state index contributed by atoms with van der Waals surface area (Å²) >= 11 is 0. The minimum atomic E-state index is -0.0504. The maximum Gasteiger partial charge on any atom is 0.306 e. The van der Waals surface area contributed by atoms with E-state index < -0.39 is 0 Å². The molecule has 1 rings (SSSR count). The number of carbonyl (C=O) groups excluding carboxylic acids is 1. The zero-order chi connectivity index (χ0) is 10.4. The molecule has 1 aliphatic rings. The van der Waals surface area contributed by atoms with Crippen molar-refractivity contribution in [2.24, 2.45) is 11.8 Å². The van der Waals surface area contributed by atoms with Crippen molar-refractivity contribution in [3.63, 3.8) is 0 Å². The van der Waals surface area contributed by atoms with Crippen LogP contribution in [0.4, 0.5) is 0 Å². The fourth-order valence-electron chi connectivity index (χ4n) is 2.01. The Morgan fingerprint density at radius 1 is 1.64 bits per heavy atom. The smallest absolute Gasteiger partial charge is 0.306 e. The van der Waals surface area contributed by atoms with Gasteiger partial charge in [-0.2, -0.15) is 0 Å². The maximum atomic E-state index is 11.3. The molecule has 1 heterocycles. The summed E-state index contributed by atoms with van der Waals surface area (Å²) in [6.07, 6.45) is 3.05. The molecule has 1 N–H and O–H groups in total. The van der Waals surface area contributed by atoms with E-state index in [1.165, 1.54) is 12.8 Å². The van der Waals surface area contributed by atoms with Crippen LogP contribution >= 0.6 is 0 Å². The third-order valence-electron chi connectivity index (χ3n) is 2.93. The molecule has 3 nitrogen and oxygen atoms in total. The van der Waals surface area contributed by atoms with Gasteiger partial charge in [-0.3, -0.25) is 4.79 Å². The van der Waals surface area contributed by atoms with E-state index in [0.717, 1.165) is 13.1 Å². The summed E-state index contributed by atoms with van der Waals surface area (Å²) in [4.78, 5) is 11.3. The van der Waals surface area contributed by atoms with Crippen LogP contribution in [-0.4, -0.2) is 25.7 Å². The molecule has 0 radical (unpaired) electrons. The van der Waals surface area contributed by atoms with Crippen molar-refractivity contribution in [2.75, 3.05) is 19.7 Å². The van der Waals surface area contributed by atoms with Crippen molar-refractivity contribution in [1.29, 1.82) is 0 Å². The minimum absolute atomic E-state index is 0.0504. The van der Waals surface area contributed by atoms with Gasteiger partial charge in [0.15, 0.2) is 0 Å². The Bertz CT molecular complexity index is 176. The number of hydrogen-bond acceptors (Lipinski definition) is 3. The Kier molecular flexibility index (Phi) is 4.94. The van der Waals surface area contributed by atoms with Gasteiger partial charge in [-0.15, -0.1) is 0 Å². The average Bonchev–Trinajstić information content (AvgIpc) is 2.19. The predicted octanol–water partition coefficient (Wildman–Crippen LogP) is 1.58. The van der Waals surface area contributed by atoms with Crippen LogP contribution in [0.1, 0.15) is 33.1 Å². The van der Waals surface area contributed by atoms with Crippen LogP contribution in [0.25, 0.3) is 0 Å². The first-order valence-corrected chi connectivity index (χ1v) is 5.60. The number of ether oxygens (including phenoxy) is 1. The van der Waals surface area contributed by atoms with E-state index in [9.17, 15) is 4.79 Å². The molecule has 2 atom stereocenters. The Morgan fingerprint density at radius 3 is 3.00 bits per heavy atom. The lowest BCUT2D eigenvalue weighted by atomic mass is 9.85. The Morgan fingerprint density at radius 2 is 2.43 bits per heavy atom. The average molecular weight is 199 g/mol. The predicted molar refractivity (Wildman–Crippen MR) is 56.0 cm³/mol. The molecule has 1 fully saturated rings. The van der Waals surface area contributed by atoms with E-state index in [0.29, 0.717) is 24.9 Å². The summed E-state index contributed by atoms with van der Waals surface area (Å²) in [7, 11) is 0. The van der Waals surface area contributed by atoms with Gasteiger partial charge in [-0.1, -0.05) is 6.92 Å². The lowest BCUT2D eigenvalue weighted by molar-refractivity contribution is -0.144. The molecule has 1 saturated heterocycles. The molecule has 3 heteroatoms. The third-order valence-corrected chi connectivity index (χ3v) is 2.93. The lowest BCUT2D eigenvalue weighted by Crippen LogP contribution is -2.34. The SMILES string of the molecule is CCOC(=O)C[C@@H](C)[C@H]1CCCNC1. The number of rotatable bonds is 4. The van der Waals surface area contributed by atoms with Gasteiger partial charge < -0.3 is 10.1 Å². The van der Waals surface area contributed by atoms with Crippen molar-refractivity contribution in [3.05, 3.63) is 0 Å². The van der Waals surface area contributed by atoms with Crippen LogP contribution in [0.5, 0.6) is 0 Å². The number of piperidine rings is 1. The molecule has 0 spiro atoms. The fourth-order valence-corrected chi connectivity index (χ4v) is 2.01. The highest BCUT2D eigenvalue weighted by molar-refractivity contribution is 5.69. The summed E-state index contributed by atoms with van der Waals surface area (Å²) < 4.78 is 4.94. The number of nitrogens with one attached hydrogen (secondary N) is 1. The van der Waals surface area contributed by atoms with E-state index in [2.05, 4.69) is 12.2 Å². The van der Waals surface area contributed by atoms with Gasteiger partial charge in [0.1, 0.15) is 0 Å². The molecule has 0 saturated carbocycles. The molecule has 14 heavy (non-hydrogen) atoms. The molecule has 0 unspecified atom stereocenters. The van der Waals surface area contributed by atoms with E-state index in [-0.39, 0.29) is 5.97 Å². The van der Waals surface area contributed by atoms with Crippen molar-refractivity contribution in [3.8, 4) is 0 Å². The van der Waals surface area contributed by atoms with Crippen molar-refractivity contribution in [1.82, 2.24) is 5.32 Å². The van der Waals surface area contributed by atoms with Crippen LogP contribution in [0.15, 0.2) is 0 Å².